The average molecular weight is 446 g/mol. The van der Waals surface area contributed by atoms with Gasteiger partial charge in [-0.25, -0.2) is 8.42 Å². The SMILES string of the molecule is COc1ccccc1CN(CC(=O)N1CCNCC1)S(=O)(=O)c1ccc(C(C)C)cc1. The number of amides is 1. The van der Waals surface area contributed by atoms with Gasteiger partial charge in [-0.15, -0.1) is 0 Å². The highest BCUT2D eigenvalue weighted by Crippen LogP contribution is 2.25. The van der Waals surface area contributed by atoms with Crippen molar-refractivity contribution in [3.63, 3.8) is 0 Å². The minimum Gasteiger partial charge on any atom is -0.496 e. The standard InChI is InChI=1S/C23H31N3O4S/c1-18(2)19-8-10-21(11-9-19)31(28,29)26(16-20-6-4-5-7-22(20)30-3)17-23(27)25-14-12-24-13-15-25/h4-11,18,24H,12-17H2,1-3H3. The Balaban J connectivity index is 1.92. The van der Waals surface area contributed by atoms with E-state index in [0.717, 1.165) is 5.56 Å². The van der Waals surface area contributed by atoms with E-state index in [2.05, 4.69) is 19.2 Å². The lowest BCUT2D eigenvalue weighted by Crippen LogP contribution is -2.50. The molecule has 0 bridgehead atoms. The largest absolute Gasteiger partial charge is 0.496 e. The van der Waals surface area contributed by atoms with Crippen LogP contribution in [0.15, 0.2) is 53.4 Å². The molecule has 0 atom stereocenters. The third kappa shape index (κ3) is 5.64. The summed E-state index contributed by atoms with van der Waals surface area (Å²) in [5.74, 6) is 0.696. The second-order valence-electron chi connectivity index (χ2n) is 7.94. The monoisotopic (exact) mass is 445 g/mol. The Morgan fingerprint density at radius 2 is 1.74 bits per heavy atom. The maximum absolute atomic E-state index is 13.5. The number of para-hydroxylation sites is 1. The zero-order valence-electron chi connectivity index (χ0n) is 18.4. The molecule has 0 saturated carbocycles. The molecule has 3 rings (SSSR count). The van der Waals surface area contributed by atoms with Crippen molar-refractivity contribution in [3.8, 4) is 5.75 Å². The first-order valence-corrected chi connectivity index (χ1v) is 12.0. The molecule has 8 heteroatoms. The highest BCUT2D eigenvalue weighted by atomic mass is 32.2. The van der Waals surface area contributed by atoms with Crippen LogP contribution in [0.1, 0.15) is 30.9 Å². The number of methoxy groups -OCH3 is 1. The number of nitrogens with one attached hydrogen (secondary N) is 1. The molecule has 2 aromatic carbocycles. The predicted molar refractivity (Wildman–Crippen MR) is 121 cm³/mol. The van der Waals surface area contributed by atoms with Crippen LogP contribution in [0, 0.1) is 0 Å². The molecule has 1 aliphatic rings. The highest BCUT2D eigenvalue weighted by Gasteiger charge is 2.30. The summed E-state index contributed by atoms with van der Waals surface area (Å²) < 4.78 is 33.7. The van der Waals surface area contributed by atoms with E-state index in [9.17, 15) is 13.2 Å². The molecule has 1 fully saturated rings. The summed E-state index contributed by atoms with van der Waals surface area (Å²) in [6.07, 6.45) is 0. The van der Waals surface area contributed by atoms with Crippen LogP contribution in [0.3, 0.4) is 0 Å². The Morgan fingerprint density at radius 1 is 1.10 bits per heavy atom. The Bertz CT molecular complexity index is 984. The van der Waals surface area contributed by atoms with Gasteiger partial charge in [-0.2, -0.15) is 4.31 Å². The summed E-state index contributed by atoms with van der Waals surface area (Å²) in [5.41, 5.74) is 1.77. The number of sulfonamides is 1. The maximum Gasteiger partial charge on any atom is 0.243 e. The Hall–Kier alpha value is -2.42. The van der Waals surface area contributed by atoms with Gasteiger partial charge in [0, 0.05) is 38.3 Å². The fraction of sp³-hybridized carbons (Fsp3) is 0.435. The molecule has 168 valence electrons. The molecule has 1 aliphatic heterocycles. The van der Waals surface area contributed by atoms with E-state index in [1.807, 2.05) is 30.3 Å². The second-order valence-corrected chi connectivity index (χ2v) is 9.88. The predicted octanol–water partition coefficient (Wildman–Crippen LogP) is 2.44. The summed E-state index contributed by atoms with van der Waals surface area (Å²) in [6.45, 7) is 6.52. The van der Waals surface area contributed by atoms with E-state index < -0.39 is 10.0 Å². The molecule has 1 amide bonds. The lowest BCUT2D eigenvalue weighted by Gasteiger charge is -2.30. The van der Waals surface area contributed by atoms with Crippen molar-refractivity contribution in [3.05, 3.63) is 59.7 Å². The Kier molecular flexibility index (Phi) is 7.69. The van der Waals surface area contributed by atoms with Crippen molar-refractivity contribution in [2.75, 3.05) is 39.8 Å². The topological polar surface area (TPSA) is 79.0 Å². The van der Waals surface area contributed by atoms with Crippen molar-refractivity contribution in [1.82, 2.24) is 14.5 Å². The van der Waals surface area contributed by atoms with Gasteiger partial charge in [0.1, 0.15) is 5.75 Å². The summed E-state index contributed by atoms with van der Waals surface area (Å²) in [4.78, 5) is 14.8. The van der Waals surface area contributed by atoms with Gasteiger partial charge in [0.15, 0.2) is 0 Å². The molecular formula is C23H31N3O4S. The summed E-state index contributed by atoms with van der Waals surface area (Å²) in [6, 6.07) is 14.2. The third-order valence-electron chi connectivity index (χ3n) is 5.51. The molecule has 7 nitrogen and oxygen atoms in total. The normalized spacial score (nSPS) is 14.8. The molecule has 1 N–H and O–H groups in total. The third-order valence-corrected chi connectivity index (χ3v) is 7.31. The zero-order chi connectivity index (χ0) is 22.4. The first-order chi connectivity index (χ1) is 14.8. The van der Waals surface area contributed by atoms with Crippen LogP contribution in [0.2, 0.25) is 0 Å². The highest BCUT2D eigenvalue weighted by molar-refractivity contribution is 7.89. The molecule has 31 heavy (non-hydrogen) atoms. The first kappa shape index (κ1) is 23.2. The molecule has 2 aromatic rings. The van der Waals surface area contributed by atoms with E-state index in [1.165, 1.54) is 4.31 Å². The van der Waals surface area contributed by atoms with Gasteiger partial charge in [-0.05, 0) is 29.7 Å². The van der Waals surface area contributed by atoms with Gasteiger partial charge in [-0.3, -0.25) is 4.79 Å². The van der Waals surface area contributed by atoms with Crippen molar-refractivity contribution < 1.29 is 17.9 Å². The van der Waals surface area contributed by atoms with Gasteiger partial charge in [-0.1, -0.05) is 44.2 Å². The van der Waals surface area contributed by atoms with Gasteiger partial charge >= 0.3 is 0 Å². The minimum atomic E-state index is -3.89. The molecule has 1 saturated heterocycles. The zero-order valence-corrected chi connectivity index (χ0v) is 19.2. The number of nitrogens with zero attached hydrogens (tertiary/aromatic N) is 2. The number of carbonyl (C=O) groups is 1. The summed E-state index contributed by atoms with van der Waals surface area (Å²) in [5, 5.41) is 3.21. The number of benzene rings is 2. The van der Waals surface area contributed by atoms with E-state index in [0.29, 0.717) is 43.4 Å². The molecule has 1 heterocycles. The molecule has 0 radical (unpaired) electrons. The number of piperazine rings is 1. The molecule has 0 spiro atoms. The van der Waals surface area contributed by atoms with Crippen LogP contribution in [0.5, 0.6) is 5.75 Å². The van der Waals surface area contributed by atoms with Crippen LogP contribution in [0.4, 0.5) is 0 Å². The summed E-state index contributed by atoms with van der Waals surface area (Å²) >= 11 is 0. The number of hydrogen-bond acceptors (Lipinski definition) is 5. The van der Waals surface area contributed by atoms with Gasteiger partial charge in [0.05, 0.1) is 18.6 Å². The minimum absolute atomic E-state index is 0.0517. The maximum atomic E-state index is 13.5. The molecule has 0 unspecified atom stereocenters. The molecular weight excluding hydrogens is 414 g/mol. The van der Waals surface area contributed by atoms with E-state index >= 15 is 0 Å². The van der Waals surface area contributed by atoms with Crippen molar-refractivity contribution in [1.29, 1.82) is 0 Å². The van der Waals surface area contributed by atoms with Gasteiger partial charge < -0.3 is 15.0 Å². The van der Waals surface area contributed by atoms with E-state index in [1.54, 1.807) is 30.2 Å². The van der Waals surface area contributed by atoms with Gasteiger partial charge in [0.2, 0.25) is 15.9 Å². The van der Waals surface area contributed by atoms with Crippen LogP contribution >= 0.6 is 0 Å². The number of ether oxygens (including phenoxy) is 1. The van der Waals surface area contributed by atoms with Crippen LogP contribution in [-0.4, -0.2) is 63.4 Å². The lowest BCUT2D eigenvalue weighted by molar-refractivity contribution is -0.132. The number of rotatable bonds is 8. The van der Waals surface area contributed by atoms with Crippen LogP contribution in [-0.2, 0) is 21.4 Å². The fourth-order valence-electron chi connectivity index (χ4n) is 3.59. The second kappa shape index (κ2) is 10.3. The lowest BCUT2D eigenvalue weighted by atomic mass is 10.0. The van der Waals surface area contributed by atoms with E-state index in [4.69, 9.17) is 4.74 Å². The number of hydrogen-bond donors (Lipinski definition) is 1. The van der Waals surface area contributed by atoms with Crippen LogP contribution in [0.25, 0.3) is 0 Å². The van der Waals surface area contributed by atoms with Crippen molar-refractivity contribution >= 4 is 15.9 Å². The average Bonchev–Trinajstić information content (AvgIpc) is 2.79. The van der Waals surface area contributed by atoms with Gasteiger partial charge in [0.25, 0.3) is 0 Å². The quantitative estimate of drug-likeness (QED) is 0.675. The number of carbonyl (C=O) groups excluding carboxylic acids is 1. The first-order valence-electron chi connectivity index (χ1n) is 10.5. The summed E-state index contributed by atoms with van der Waals surface area (Å²) in [7, 11) is -2.34. The Labute approximate surface area is 185 Å². The van der Waals surface area contributed by atoms with Crippen LogP contribution < -0.4 is 10.1 Å². The van der Waals surface area contributed by atoms with E-state index in [-0.39, 0.29) is 23.9 Å². The molecule has 0 aromatic heterocycles. The van der Waals surface area contributed by atoms with Crippen molar-refractivity contribution in [2.45, 2.75) is 31.2 Å². The smallest absolute Gasteiger partial charge is 0.243 e. The Morgan fingerprint density at radius 3 is 2.35 bits per heavy atom. The van der Waals surface area contributed by atoms with Crippen molar-refractivity contribution in [2.24, 2.45) is 0 Å². The molecule has 0 aliphatic carbocycles. The fourth-order valence-corrected chi connectivity index (χ4v) is 4.96.